The maximum absolute atomic E-state index is 12.7. The van der Waals surface area contributed by atoms with Crippen LogP contribution in [0.3, 0.4) is 0 Å². The van der Waals surface area contributed by atoms with E-state index in [1.54, 1.807) is 6.07 Å². The van der Waals surface area contributed by atoms with Crippen molar-refractivity contribution in [3.05, 3.63) is 29.3 Å². The Kier molecular flexibility index (Phi) is 2.82. The molecule has 0 heterocycles. The van der Waals surface area contributed by atoms with Gasteiger partial charge in [-0.3, -0.25) is 4.79 Å². The first kappa shape index (κ1) is 13.2. The van der Waals surface area contributed by atoms with Crippen LogP contribution in [0.2, 0.25) is 0 Å². The minimum atomic E-state index is 0.0624. The second-order valence-corrected chi connectivity index (χ2v) is 7.78. The number of benzene rings is 1. The minimum Gasteiger partial charge on any atom is -0.399 e. The summed E-state index contributed by atoms with van der Waals surface area (Å²) in [6.07, 6.45) is 7.75. The molecule has 0 aliphatic heterocycles. The number of anilines is 1. The van der Waals surface area contributed by atoms with Crippen molar-refractivity contribution in [2.75, 3.05) is 5.73 Å². The van der Waals surface area contributed by atoms with Crippen molar-refractivity contribution in [1.82, 2.24) is 5.32 Å². The number of amides is 1. The topological polar surface area (TPSA) is 55.1 Å². The fourth-order valence-electron chi connectivity index (χ4n) is 5.52. The molecule has 4 bridgehead atoms. The number of rotatable bonds is 2. The molecule has 1 aromatic carbocycles. The summed E-state index contributed by atoms with van der Waals surface area (Å²) < 4.78 is 0. The molecule has 1 amide bonds. The molecule has 3 heteroatoms. The van der Waals surface area contributed by atoms with Gasteiger partial charge in [0.15, 0.2) is 0 Å². The van der Waals surface area contributed by atoms with Crippen molar-refractivity contribution in [2.45, 2.75) is 51.0 Å². The largest absolute Gasteiger partial charge is 0.399 e. The summed E-state index contributed by atoms with van der Waals surface area (Å²) in [5, 5.41) is 3.40. The van der Waals surface area contributed by atoms with Crippen LogP contribution in [0.15, 0.2) is 18.2 Å². The molecule has 5 rings (SSSR count). The van der Waals surface area contributed by atoms with Crippen molar-refractivity contribution in [3.63, 3.8) is 0 Å². The molecule has 4 saturated carbocycles. The predicted octanol–water partition coefficient (Wildman–Crippen LogP) is 3.28. The number of nitrogens with one attached hydrogen (secondary N) is 1. The van der Waals surface area contributed by atoms with Gasteiger partial charge < -0.3 is 11.1 Å². The molecule has 4 fully saturated rings. The van der Waals surface area contributed by atoms with Gasteiger partial charge >= 0.3 is 0 Å². The van der Waals surface area contributed by atoms with Crippen LogP contribution >= 0.6 is 0 Å². The van der Waals surface area contributed by atoms with E-state index in [0.717, 1.165) is 23.3 Å². The maximum atomic E-state index is 12.7. The van der Waals surface area contributed by atoms with E-state index < -0.39 is 0 Å². The molecule has 3 nitrogen and oxygen atoms in total. The Morgan fingerprint density at radius 1 is 1.10 bits per heavy atom. The molecule has 21 heavy (non-hydrogen) atoms. The SMILES string of the molecule is Cc1cc(N)cc(C(=O)NC23CC4CC(CC(C4)C2)C3)c1. The van der Waals surface area contributed by atoms with Gasteiger partial charge in [-0.05, 0) is 87.0 Å². The smallest absolute Gasteiger partial charge is 0.251 e. The van der Waals surface area contributed by atoms with Gasteiger partial charge in [0.05, 0.1) is 0 Å². The van der Waals surface area contributed by atoms with E-state index in [0.29, 0.717) is 11.3 Å². The zero-order valence-corrected chi connectivity index (χ0v) is 12.7. The first-order valence-corrected chi connectivity index (χ1v) is 8.21. The Morgan fingerprint density at radius 2 is 1.67 bits per heavy atom. The molecular weight excluding hydrogens is 260 g/mol. The molecule has 0 radical (unpaired) electrons. The quantitative estimate of drug-likeness (QED) is 0.819. The van der Waals surface area contributed by atoms with Crippen LogP contribution in [0.5, 0.6) is 0 Å². The standard InChI is InChI=1S/C18H24N2O/c1-11-2-15(7-16(19)3-11)17(21)20-18-8-12-4-13(9-18)6-14(5-12)10-18/h2-3,7,12-14H,4-6,8-10,19H2,1H3,(H,20,21). The molecule has 0 aromatic heterocycles. The number of hydrogen-bond acceptors (Lipinski definition) is 2. The van der Waals surface area contributed by atoms with Crippen LogP contribution in [0, 0.1) is 24.7 Å². The number of carbonyl (C=O) groups is 1. The Bertz CT molecular complexity index is 537. The van der Waals surface area contributed by atoms with Crippen molar-refractivity contribution in [3.8, 4) is 0 Å². The number of aryl methyl sites for hydroxylation is 1. The van der Waals surface area contributed by atoms with Gasteiger partial charge in [-0.25, -0.2) is 0 Å². The lowest BCUT2D eigenvalue weighted by molar-refractivity contribution is -0.0167. The third-order valence-electron chi connectivity index (χ3n) is 5.78. The van der Waals surface area contributed by atoms with E-state index in [1.165, 1.54) is 38.5 Å². The molecule has 112 valence electrons. The number of nitrogen functional groups attached to an aromatic ring is 1. The summed E-state index contributed by atoms with van der Waals surface area (Å²) >= 11 is 0. The highest BCUT2D eigenvalue weighted by atomic mass is 16.1. The van der Waals surface area contributed by atoms with Gasteiger partial charge in [-0.2, -0.15) is 0 Å². The van der Waals surface area contributed by atoms with Crippen LogP contribution in [-0.2, 0) is 0 Å². The maximum Gasteiger partial charge on any atom is 0.251 e. The van der Waals surface area contributed by atoms with Gasteiger partial charge in [0, 0.05) is 16.8 Å². The second-order valence-electron chi connectivity index (χ2n) is 7.78. The molecule has 1 aromatic rings. The van der Waals surface area contributed by atoms with E-state index in [1.807, 2.05) is 19.1 Å². The van der Waals surface area contributed by atoms with Crippen molar-refractivity contribution in [2.24, 2.45) is 17.8 Å². The van der Waals surface area contributed by atoms with Crippen LogP contribution in [0.1, 0.15) is 54.4 Å². The molecule has 3 N–H and O–H groups in total. The van der Waals surface area contributed by atoms with Crippen molar-refractivity contribution in [1.29, 1.82) is 0 Å². The lowest BCUT2D eigenvalue weighted by Crippen LogP contribution is -2.59. The summed E-state index contributed by atoms with van der Waals surface area (Å²) in [6.45, 7) is 1.98. The minimum absolute atomic E-state index is 0.0624. The molecule has 0 spiro atoms. The first-order chi connectivity index (χ1) is 10.0. The van der Waals surface area contributed by atoms with Gasteiger partial charge in [-0.15, -0.1) is 0 Å². The van der Waals surface area contributed by atoms with Crippen LogP contribution < -0.4 is 11.1 Å². The first-order valence-electron chi connectivity index (χ1n) is 8.21. The predicted molar refractivity (Wildman–Crippen MR) is 84.0 cm³/mol. The zero-order valence-electron chi connectivity index (χ0n) is 12.7. The molecule has 4 aliphatic rings. The summed E-state index contributed by atoms with van der Waals surface area (Å²) in [5.74, 6) is 2.60. The number of hydrogen-bond donors (Lipinski definition) is 2. The summed E-state index contributed by atoms with van der Waals surface area (Å²) in [6, 6.07) is 5.64. The van der Waals surface area contributed by atoms with Crippen LogP contribution in [0.4, 0.5) is 5.69 Å². The Balaban J connectivity index is 1.56. The fraction of sp³-hybridized carbons (Fsp3) is 0.611. The molecule has 0 unspecified atom stereocenters. The van der Waals surface area contributed by atoms with E-state index in [9.17, 15) is 4.79 Å². The van der Waals surface area contributed by atoms with Gasteiger partial charge in [0.2, 0.25) is 0 Å². The van der Waals surface area contributed by atoms with E-state index in [-0.39, 0.29) is 11.4 Å². The number of nitrogens with two attached hydrogens (primary N) is 1. The Labute approximate surface area is 126 Å². The van der Waals surface area contributed by atoms with Crippen LogP contribution in [-0.4, -0.2) is 11.4 Å². The van der Waals surface area contributed by atoms with Gasteiger partial charge in [-0.1, -0.05) is 0 Å². The van der Waals surface area contributed by atoms with E-state index >= 15 is 0 Å². The normalized spacial score (nSPS) is 36.7. The molecule has 4 aliphatic carbocycles. The van der Waals surface area contributed by atoms with Crippen LogP contribution in [0.25, 0.3) is 0 Å². The number of carbonyl (C=O) groups excluding carboxylic acids is 1. The van der Waals surface area contributed by atoms with Gasteiger partial charge in [0.1, 0.15) is 0 Å². The summed E-state index contributed by atoms with van der Waals surface area (Å²) in [4.78, 5) is 12.7. The highest BCUT2D eigenvalue weighted by Crippen LogP contribution is 2.55. The van der Waals surface area contributed by atoms with Gasteiger partial charge in [0.25, 0.3) is 5.91 Å². The van der Waals surface area contributed by atoms with Crippen molar-refractivity contribution < 1.29 is 4.79 Å². The molecular formula is C18H24N2O. The van der Waals surface area contributed by atoms with E-state index in [4.69, 9.17) is 5.73 Å². The average molecular weight is 284 g/mol. The monoisotopic (exact) mass is 284 g/mol. The lowest BCUT2D eigenvalue weighted by Gasteiger charge is -2.56. The third-order valence-corrected chi connectivity index (χ3v) is 5.78. The highest BCUT2D eigenvalue weighted by Gasteiger charge is 2.51. The summed E-state index contributed by atoms with van der Waals surface area (Å²) in [5.41, 5.74) is 8.38. The second kappa shape index (κ2) is 4.49. The zero-order chi connectivity index (χ0) is 14.6. The third kappa shape index (κ3) is 2.33. The molecule has 0 saturated heterocycles. The molecule has 0 atom stereocenters. The summed E-state index contributed by atoms with van der Waals surface area (Å²) in [7, 11) is 0. The Hall–Kier alpha value is -1.51. The Morgan fingerprint density at radius 3 is 2.19 bits per heavy atom. The lowest BCUT2D eigenvalue weighted by atomic mass is 9.53. The fourth-order valence-corrected chi connectivity index (χ4v) is 5.52. The highest BCUT2D eigenvalue weighted by molar-refractivity contribution is 5.95. The average Bonchev–Trinajstić information content (AvgIpc) is 2.35. The van der Waals surface area contributed by atoms with Crippen molar-refractivity contribution >= 4 is 11.6 Å². The van der Waals surface area contributed by atoms with E-state index in [2.05, 4.69) is 5.32 Å².